The van der Waals surface area contributed by atoms with E-state index in [-0.39, 0.29) is 5.91 Å². The molecule has 1 rings (SSSR count). The normalized spacial score (nSPS) is 12.4. The molecule has 0 saturated heterocycles. The molecule has 4 nitrogen and oxygen atoms in total. The van der Waals surface area contributed by atoms with Gasteiger partial charge in [-0.3, -0.25) is 4.79 Å². The lowest BCUT2D eigenvalue weighted by Crippen LogP contribution is -2.42. The molecular formula is C16H26N2O2. The molecule has 0 radical (unpaired) electrons. The van der Waals surface area contributed by atoms with Crippen LogP contribution in [0.15, 0.2) is 30.3 Å². The quantitative estimate of drug-likeness (QED) is 0.676. The van der Waals surface area contributed by atoms with Crippen LogP contribution in [0.2, 0.25) is 0 Å². The van der Waals surface area contributed by atoms with Gasteiger partial charge in [-0.05, 0) is 24.3 Å². The number of nitrogens with two attached hydrogens (primary N) is 1. The maximum Gasteiger partial charge on any atom is 0.237 e. The smallest absolute Gasteiger partial charge is 0.237 e. The van der Waals surface area contributed by atoms with Gasteiger partial charge in [-0.15, -0.1) is 0 Å². The minimum atomic E-state index is -0.458. The van der Waals surface area contributed by atoms with Gasteiger partial charge in [0.2, 0.25) is 5.91 Å². The number of benzene rings is 1. The van der Waals surface area contributed by atoms with Crippen molar-refractivity contribution in [2.75, 3.05) is 19.8 Å². The first-order valence-corrected chi connectivity index (χ1v) is 7.24. The second-order valence-electron chi connectivity index (χ2n) is 5.39. The van der Waals surface area contributed by atoms with E-state index >= 15 is 0 Å². The number of amides is 1. The molecule has 0 aromatic heterocycles. The largest absolute Gasteiger partial charge is 0.379 e. The van der Waals surface area contributed by atoms with Crippen LogP contribution in [0.25, 0.3) is 0 Å². The van der Waals surface area contributed by atoms with E-state index in [1.54, 1.807) is 0 Å². The Labute approximate surface area is 121 Å². The Morgan fingerprint density at radius 2 is 2.00 bits per heavy atom. The molecule has 0 saturated carbocycles. The zero-order valence-electron chi connectivity index (χ0n) is 12.5. The van der Waals surface area contributed by atoms with Gasteiger partial charge in [0.05, 0.1) is 12.6 Å². The second kappa shape index (κ2) is 9.50. The lowest BCUT2D eigenvalue weighted by atomic mass is 10.1. The number of carbonyl (C=O) groups excluding carboxylic acids is 1. The standard InChI is InChI=1S/C16H26N2O2/c1-13(2)12-20-11-10-18-16(19)15(17)9-8-14-6-4-3-5-7-14/h3-7,13,15H,8-12,17H2,1-2H3,(H,18,19). The first-order valence-electron chi connectivity index (χ1n) is 7.24. The predicted molar refractivity (Wildman–Crippen MR) is 81.4 cm³/mol. The van der Waals surface area contributed by atoms with Crippen molar-refractivity contribution in [1.29, 1.82) is 0 Å². The number of rotatable bonds is 9. The summed E-state index contributed by atoms with van der Waals surface area (Å²) in [5.41, 5.74) is 7.08. The van der Waals surface area contributed by atoms with Gasteiger partial charge in [-0.1, -0.05) is 44.2 Å². The van der Waals surface area contributed by atoms with Crippen molar-refractivity contribution >= 4 is 5.91 Å². The van der Waals surface area contributed by atoms with E-state index < -0.39 is 6.04 Å². The molecule has 1 aromatic rings. The minimum Gasteiger partial charge on any atom is -0.379 e. The summed E-state index contributed by atoms with van der Waals surface area (Å²) in [4.78, 5) is 11.8. The Morgan fingerprint density at radius 3 is 2.65 bits per heavy atom. The van der Waals surface area contributed by atoms with Gasteiger partial charge in [-0.25, -0.2) is 0 Å². The molecule has 1 unspecified atom stereocenters. The fraction of sp³-hybridized carbons (Fsp3) is 0.562. The third-order valence-corrected chi connectivity index (χ3v) is 2.92. The maximum atomic E-state index is 11.8. The Bertz CT molecular complexity index is 379. The molecule has 20 heavy (non-hydrogen) atoms. The molecule has 1 atom stereocenters. The topological polar surface area (TPSA) is 64.3 Å². The van der Waals surface area contributed by atoms with Crippen LogP contribution in [0.1, 0.15) is 25.8 Å². The van der Waals surface area contributed by atoms with E-state index in [0.717, 1.165) is 13.0 Å². The van der Waals surface area contributed by atoms with Gasteiger partial charge in [0.15, 0.2) is 0 Å². The van der Waals surface area contributed by atoms with Crippen LogP contribution >= 0.6 is 0 Å². The van der Waals surface area contributed by atoms with E-state index in [0.29, 0.717) is 25.5 Å². The average Bonchev–Trinajstić information content (AvgIpc) is 2.45. The Hall–Kier alpha value is -1.39. The second-order valence-corrected chi connectivity index (χ2v) is 5.39. The molecule has 112 valence electrons. The summed E-state index contributed by atoms with van der Waals surface area (Å²) >= 11 is 0. The van der Waals surface area contributed by atoms with Crippen LogP contribution in [-0.4, -0.2) is 31.7 Å². The van der Waals surface area contributed by atoms with Crippen LogP contribution in [-0.2, 0) is 16.0 Å². The summed E-state index contributed by atoms with van der Waals surface area (Å²) in [6, 6.07) is 9.60. The molecule has 4 heteroatoms. The first-order chi connectivity index (χ1) is 9.59. The number of nitrogens with one attached hydrogen (secondary N) is 1. The molecule has 0 aliphatic carbocycles. The van der Waals surface area contributed by atoms with Crippen LogP contribution < -0.4 is 11.1 Å². The molecular weight excluding hydrogens is 252 g/mol. The fourth-order valence-electron chi connectivity index (χ4n) is 1.79. The van der Waals surface area contributed by atoms with Crippen molar-refractivity contribution in [3.05, 3.63) is 35.9 Å². The zero-order valence-corrected chi connectivity index (χ0v) is 12.5. The van der Waals surface area contributed by atoms with E-state index in [2.05, 4.69) is 19.2 Å². The molecule has 3 N–H and O–H groups in total. The summed E-state index contributed by atoms with van der Waals surface area (Å²) in [6.45, 7) is 5.96. The molecule has 0 fully saturated rings. The van der Waals surface area contributed by atoms with Crippen LogP contribution in [0.4, 0.5) is 0 Å². The number of hydrogen-bond acceptors (Lipinski definition) is 3. The van der Waals surface area contributed by atoms with E-state index in [9.17, 15) is 4.79 Å². The lowest BCUT2D eigenvalue weighted by molar-refractivity contribution is -0.122. The highest BCUT2D eigenvalue weighted by atomic mass is 16.5. The van der Waals surface area contributed by atoms with Gasteiger partial charge in [-0.2, -0.15) is 0 Å². The molecule has 0 aliphatic rings. The van der Waals surface area contributed by atoms with Gasteiger partial charge < -0.3 is 15.8 Å². The maximum absolute atomic E-state index is 11.8. The van der Waals surface area contributed by atoms with Gasteiger partial charge in [0, 0.05) is 13.2 Å². The average molecular weight is 278 g/mol. The highest BCUT2D eigenvalue weighted by molar-refractivity contribution is 5.81. The number of ether oxygens (including phenoxy) is 1. The van der Waals surface area contributed by atoms with Crippen molar-refractivity contribution < 1.29 is 9.53 Å². The molecule has 0 bridgehead atoms. The Kier molecular flexibility index (Phi) is 7.92. The van der Waals surface area contributed by atoms with E-state index in [4.69, 9.17) is 10.5 Å². The monoisotopic (exact) mass is 278 g/mol. The molecule has 0 heterocycles. The van der Waals surface area contributed by atoms with E-state index in [1.807, 2.05) is 30.3 Å². The third-order valence-electron chi connectivity index (χ3n) is 2.92. The van der Waals surface area contributed by atoms with Crippen molar-refractivity contribution in [3.8, 4) is 0 Å². The predicted octanol–water partition coefficient (Wildman–Crippen LogP) is 1.74. The molecule has 0 spiro atoms. The molecule has 1 aromatic carbocycles. The third kappa shape index (κ3) is 7.26. The highest BCUT2D eigenvalue weighted by Crippen LogP contribution is 2.04. The SMILES string of the molecule is CC(C)COCCNC(=O)C(N)CCc1ccccc1. The van der Waals surface area contributed by atoms with Crippen LogP contribution in [0.5, 0.6) is 0 Å². The molecule has 0 aliphatic heterocycles. The van der Waals surface area contributed by atoms with Crippen molar-refractivity contribution in [1.82, 2.24) is 5.32 Å². The van der Waals surface area contributed by atoms with Gasteiger partial charge in [0.1, 0.15) is 0 Å². The first kappa shape index (κ1) is 16.7. The van der Waals surface area contributed by atoms with Gasteiger partial charge in [0.25, 0.3) is 0 Å². The lowest BCUT2D eigenvalue weighted by Gasteiger charge is -2.13. The summed E-state index contributed by atoms with van der Waals surface area (Å²) in [5, 5.41) is 2.80. The molecule has 1 amide bonds. The van der Waals surface area contributed by atoms with Crippen LogP contribution in [0, 0.1) is 5.92 Å². The van der Waals surface area contributed by atoms with Gasteiger partial charge >= 0.3 is 0 Å². The summed E-state index contributed by atoms with van der Waals surface area (Å²) in [5.74, 6) is 0.410. The number of carbonyl (C=O) groups is 1. The van der Waals surface area contributed by atoms with Crippen molar-refractivity contribution in [3.63, 3.8) is 0 Å². The summed E-state index contributed by atoms with van der Waals surface area (Å²) in [6.07, 6.45) is 1.47. The summed E-state index contributed by atoms with van der Waals surface area (Å²) in [7, 11) is 0. The summed E-state index contributed by atoms with van der Waals surface area (Å²) < 4.78 is 5.40. The van der Waals surface area contributed by atoms with Crippen molar-refractivity contribution in [2.45, 2.75) is 32.7 Å². The van der Waals surface area contributed by atoms with E-state index in [1.165, 1.54) is 5.56 Å². The highest BCUT2D eigenvalue weighted by Gasteiger charge is 2.12. The zero-order chi connectivity index (χ0) is 14.8. The van der Waals surface area contributed by atoms with Crippen LogP contribution in [0.3, 0.4) is 0 Å². The minimum absolute atomic E-state index is 0.103. The number of aryl methyl sites for hydroxylation is 1. The van der Waals surface area contributed by atoms with Crippen molar-refractivity contribution in [2.24, 2.45) is 11.7 Å². The Morgan fingerprint density at radius 1 is 1.30 bits per heavy atom. The Balaban J connectivity index is 2.13. The number of hydrogen-bond donors (Lipinski definition) is 2. The fourth-order valence-corrected chi connectivity index (χ4v) is 1.79.